The number of hydrogen-bond acceptors (Lipinski definition) is 3. The molecule has 98 valence electrons. The minimum absolute atomic E-state index is 0.0192. The van der Waals surface area contributed by atoms with Gasteiger partial charge in [-0.3, -0.25) is 14.0 Å². The molecule has 1 atom stereocenters. The number of rotatable bonds is 1. The molecule has 6 heteroatoms. The lowest BCUT2D eigenvalue weighted by atomic mass is 10.0. The molecule has 0 N–H and O–H groups in total. The second kappa shape index (κ2) is 4.76. The van der Waals surface area contributed by atoms with Crippen LogP contribution in [0.5, 0.6) is 0 Å². The van der Waals surface area contributed by atoms with Crippen LogP contribution in [0.1, 0.15) is 24.2 Å². The number of halogens is 1. The summed E-state index contributed by atoms with van der Waals surface area (Å²) in [5.74, 6) is -0.116. The molecule has 0 aliphatic carbocycles. The molecule has 1 aromatic heterocycles. The van der Waals surface area contributed by atoms with Crippen molar-refractivity contribution in [1.82, 2.24) is 9.88 Å². The van der Waals surface area contributed by atoms with Crippen molar-refractivity contribution < 1.29 is 13.4 Å². The molecule has 2 heterocycles. The average Bonchev–Trinajstić information content (AvgIpc) is 2.27. The van der Waals surface area contributed by atoms with Crippen molar-refractivity contribution in [2.75, 3.05) is 18.1 Å². The van der Waals surface area contributed by atoms with Crippen LogP contribution in [0.2, 0.25) is 0 Å². The minimum atomic E-state index is -0.909. The fourth-order valence-corrected chi connectivity index (χ4v) is 3.58. The molecule has 0 unspecified atom stereocenters. The molecular weight excluding hydrogens is 255 g/mol. The van der Waals surface area contributed by atoms with E-state index in [1.807, 2.05) is 13.8 Å². The molecule has 1 saturated heterocycles. The predicted molar refractivity (Wildman–Crippen MR) is 67.2 cm³/mol. The summed E-state index contributed by atoms with van der Waals surface area (Å²) in [6.45, 7) is 4.09. The van der Waals surface area contributed by atoms with Gasteiger partial charge in [0.15, 0.2) is 5.82 Å². The number of amides is 1. The number of carbonyl (C=O) groups excluding carboxylic acids is 1. The first kappa shape index (κ1) is 13.1. The highest BCUT2D eigenvalue weighted by Crippen LogP contribution is 2.23. The van der Waals surface area contributed by atoms with Crippen LogP contribution in [0.25, 0.3) is 0 Å². The maximum atomic E-state index is 13.6. The third-order valence-corrected chi connectivity index (χ3v) is 4.70. The Morgan fingerprint density at radius 1 is 1.56 bits per heavy atom. The third kappa shape index (κ3) is 2.43. The van der Waals surface area contributed by atoms with Crippen molar-refractivity contribution >= 4 is 16.7 Å². The smallest absolute Gasteiger partial charge is 0.257 e. The van der Waals surface area contributed by atoms with Crippen LogP contribution in [0.15, 0.2) is 18.5 Å². The highest BCUT2D eigenvalue weighted by atomic mass is 32.2. The van der Waals surface area contributed by atoms with Gasteiger partial charge in [-0.1, -0.05) is 0 Å². The topological polar surface area (TPSA) is 50.3 Å². The minimum Gasteiger partial charge on any atom is -0.332 e. The first-order chi connectivity index (χ1) is 8.42. The number of hydrogen-bond donors (Lipinski definition) is 0. The van der Waals surface area contributed by atoms with Crippen molar-refractivity contribution in [1.29, 1.82) is 0 Å². The molecule has 0 bridgehead atoms. The van der Waals surface area contributed by atoms with Crippen LogP contribution in [0, 0.1) is 5.82 Å². The van der Waals surface area contributed by atoms with Gasteiger partial charge in [0.05, 0.1) is 11.8 Å². The summed E-state index contributed by atoms with van der Waals surface area (Å²) in [5, 5.41) is 0. The molecule has 1 aliphatic rings. The molecule has 0 radical (unpaired) electrons. The Labute approximate surface area is 108 Å². The number of carbonyl (C=O) groups is 1. The van der Waals surface area contributed by atoms with Crippen molar-refractivity contribution in [3.8, 4) is 0 Å². The van der Waals surface area contributed by atoms with E-state index in [4.69, 9.17) is 0 Å². The zero-order valence-corrected chi connectivity index (χ0v) is 11.2. The number of pyridine rings is 1. The van der Waals surface area contributed by atoms with E-state index in [1.165, 1.54) is 12.3 Å². The van der Waals surface area contributed by atoms with Crippen LogP contribution < -0.4 is 0 Å². The Kier molecular flexibility index (Phi) is 3.47. The molecule has 2 rings (SSSR count). The summed E-state index contributed by atoms with van der Waals surface area (Å²) in [6, 6.07) is 1.37. The molecule has 0 aromatic carbocycles. The highest BCUT2D eigenvalue weighted by Gasteiger charge is 2.37. The SMILES string of the molecule is CC1(C)C[S@@](=O)CCN1C(=O)c1ccncc1F. The summed E-state index contributed by atoms with van der Waals surface area (Å²) >= 11 is 0. The van der Waals surface area contributed by atoms with Crippen molar-refractivity contribution in [2.24, 2.45) is 0 Å². The first-order valence-electron chi connectivity index (χ1n) is 5.68. The van der Waals surface area contributed by atoms with E-state index in [-0.39, 0.29) is 11.5 Å². The van der Waals surface area contributed by atoms with Gasteiger partial charge >= 0.3 is 0 Å². The van der Waals surface area contributed by atoms with Crippen LogP contribution in [0.3, 0.4) is 0 Å². The summed E-state index contributed by atoms with van der Waals surface area (Å²) in [7, 11) is -0.909. The molecular formula is C12H15FN2O2S. The van der Waals surface area contributed by atoms with Gasteiger partial charge in [0.1, 0.15) is 0 Å². The molecule has 1 aliphatic heterocycles. The van der Waals surface area contributed by atoms with Crippen molar-refractivity contribution in [2.45, 2.75) is 19.4 Å². The Balaban J connectivity index is 2.29. The van der Waals surface area contributed by atoms with Crippen LogP contribution >= 0.6 is 0 Å². The Morgan fingerprint density at radius 2 is 2.28 bits per heavy atom. The fraction of sp³-hybridized carbons (Fsp3) is 0.500. The second-order valence-electron chi connectivity index (χ2n) is 4.91. The van der Waals surface area contributed by atoms with Crippen LogP contribution in [0.4, 0.5) is 4.39 Å². The van der Waals surface area contributed by atoms with E-state index in [1.54, 1.807) is 4.90 Å². The quantitative estimate of drug-likeness (QED) is 0.770. The van der Waals surface area contributed by atoms with E-state index < -0.39 is 22.2 Å². The van der Waals surface area contributed by atoms with Gasteiger partial charge in [-0.05, 0) is 19.9 Å². The molecule has 0 spiro atoms. The Bertz CT molecular complexity index is 505. The molecule has 1 fully saturated rings. The summed E-state index contributed by atoms with van der Waals surface area (Å²) < 4.78 is 25.1. The normalized spacial score (nSPS) is 22.8. The van der Waals surface area contributed by atoms with Gasteiger partial charge in [-0.15, -0.1) is 0 Å². The summed E-state index contributed by atoms with van der Waals surface area (Å²) in [6.07, 6.45) is 2.42. The standard InChI is InChI=1S/C12H15FN2O2S/c1-12(2)8-18(17)6-5-15(12)11(16)9-3-4-14-7-10(9)13/h3-4,7H,5-6,8H2,1-2H3/t18-/m0/s1. The van der Waals surface area contributed by atoms with Gasteiger partial charge < -0.3 is 4.90 Å². The van der Waals surface area contributed by atoms with Gasteiger partial charge in [-0.25, -0.2) is 4.39 Å². The van der Waals surface area contributed by atoms with Gasteiger partial charge in [-0.2, -0.15) is 0 Å². The first-order valence-corrected chi connectivity index (χ1v) is 7.17. The Hall–Kier alpha value is -1.30. The lowest BCUT2D eigenvalue weighted by molar-refractivity contribution is 0.0589. The van der Waals surface area contributed by atoms with E-state index >= 15 is 0 Å². The summed E-state index contributed by atoms with van der Waals surface area (Å²) in [4.78, 5) is 17.5. The van der Waals surface area contributed by atoms with Crippen LogP contribution in [-0.2, 0) is 10.8 Å². The van der Waals surface area contributed by atoms with Crippen molar-refractivity contribution in [3.63, 3.8) is 0 Å². The predicted octanol–water partition coefficient (Wildman–Crippen LogP) is 1.20. The number of nitrogens with zero attached hydrogens (tertiary/aromatic N) is 2. The third-order valence-electron chi connectivity index (χ3n) is 3.04. The lowest BCUT2D eigenvalue weighted by Gasteiger charge is -2.41. The molecule has 0 saturated carbocycles. The second-order valence-corrected chi connectivity index (χ2v) is 6.49. The van der Waals surface area contributed by atoms with E-state index in [0.29, 0.717) is 18.1 Å². The Morgan fingerprint density at radius 3 is 2.89 bits per heavy atom. The van der Waals surface area contributed by atoms with Gasteiger partial charge in [0.25, 0.3) is 5.91 Å². The number of aromatic nitrogens is 1. The molecule has 1 amide bonds. The van der Waals surface area contributed by atoms with Crippen molar-refractivity contribution in [3.05, 3.63) is 29.8 Å². The largest absolute Gasteiger partial charge is 0.332 e. The van der Waals surface area contributed by atoms with E-state index in [9.17, 15) is 13.4 Å². The highest BCUT2D eigenvalue weighted by molar-refractivity contribution is 7.85. The monoisotopic (exact) mass is 270 g/mol. The molecule has 4 nitrogen and oxygen atoms in total. The van der Waals surface area contributed by atoms with Crippen LogP contribution in [-0.4, -0.2) is 43.6 Å². The lowest BCUT2D eigenvalue weighted by Crippen LogP contribution is -2.56. The average molecular weight is 270 g/mol. The van der Waals surface area contributed by atoms with Gasteiger partial charge in [0, 0.05) is 40.6 Å². The zero-order valence-electron chi connectivity index (χ0n) is 10.4. The summed E-state index contributed by atoms with van der Waals surface area (Å²) in [5.41, 5.74) is -0.499. The van der Waals surface area contributed by atoms with Gasteiger partial charge in [0.2, 0.25) is 0 Å². The van der Waals surface area contributed by atoms with E-state index in [2.05, 4.69) is 4.98 Å². The fourth-order valence-electron chi connectivity index (χ4n) is 2.11. The van der Waals surface area contributed by atoms with E-state index in [0.717, 1.165) is 6.20 Å². The molecule has 18 heavy (non-hydrogen) atoms. The zero-order chi connectivity index (χ0) is 13.3. The maximum Gasteiger partial charge on any atom is 0.257 e. The maximum absolute atomic E-state index is 13.6. The molecule has 1 aromatic rings.